The van der Waals surface area contributed by atoms with Gasteiger partial charge in [0.1, 0.15) is 0 Å². The van der Waals surface area contributed by atoms with Crippen molar-refractivity contribution in [3.8, 4) is 12.3 Å². The zero-order chi connectivity index (χ0) is 22.6. The molecule has 3 nitrogen and oxygen atoms in total. The number of hydrazone groups is 1. The lowest BCUT2D eigenvalue weighted by atomic mass is 9.94. The minimum atomic E-state index is 0.309. The molecule has 1 saturated carbocycles. The fourth-order valence-electron chi connectivity index (χ4n) is 3.86. The molecule has 0 heterocycles. The van der Waals surface area contributed by atoms with Gasteiger partial charge >= 0.3 is 0 Å². The van der Waals surface area contributed by atoms with Crippen molar-refractivity contribution in [1.29, 1.82) is 0 Å². The number of amidine groups is 1. The van der Waals surface area contributed by atoms with E-state index in [1.54, 1.807) is 0 Å². The summed E-state index contributed by atoms with van der Waals surface area (Å²) in [5.41, 5.74) is 4.96. The highest BCUT2D eigenvalue weighted by Crippen LogP contribution is 2.27. The molecule has 2 rings (SSSR count). The third-order valence-electron chi connectivity index (χ3n) is 5.63. The van der Waals surface area contributed by atoms with Crippen LogP contribution in [0.15, 0.2) is 70.8 Å². The van der Waals surface area contributed by atoms with Gasteiger partial charge in [0.05, 0.1) is 11.7 Å². The van der Waals surface area contributed by atoms with E-state index in [0.29, 0.717) is 6.04 Å². The second-order valence-electron chi connectivity index (χ2n) is 7.90. The van der Waals surface area contributed by atoms with Gasteiger partial charge in [0.15, 0.2) is 5.84 Å². The molecule has 1 aromatic rings. The largest absolute Gasteiger partial charge is 0.245 e. The molecule has 0 saturated heterocycles. The number of nitrogens with zero attached hydrogens (tertiary/aromatic N) is 3. The molecule has 0 aromatic heterocycles. The van der Waals surface area contributed by atoms with Crippen LogP contribution in [0.5, 0.6) is 0 Å². The van der Waals surface area contributed by atoms with E-state index in [9.17, 15) is 0 Å². The smallest absolute Gasteiger partial charge is 0.156 e. The van der Waals surface area contributed by atoms with Crippen LogP contribution in [0.4, 0.5) is 5.69 Å². The lowest BCUT2D eigenvalue weighted by molar-refractivity contribution is 0.253. The fraction of sp³-hybridized carbons (Fsp3) is 0.357. The Morgan fingerprint density at radius 2 is 2.03 bits per heavy atom. The maximum atomic E-state index is 5.47. The molecule has 162 valence electrons. The van der Waals surface area contributed by atoms with Crippen molar-refractivity contribution in [3.05, 3.63) is 71.9 Å². The lowest BCUT2D eigenvalue weighted by Crippen LogP contribution is -2.38. The molecule has 0 aliphatic heterocycles. The zero-order valence-corrected chi connectivity index (χ0v) is 19.1. The van der Waals surface area contributed by atoms with Crippen molar-refractivity contribution in [3.63, 3.8) is 0 Å². The van der Waals surface area contributed by atoms with E-state index < -0.39 is 0 Å². The Labute approximate surface area is 188 Å². The van der Waals surface area contributed by atoms with E-state index in [1.807, 2.05) is 30.2 Å². The van der Waals surface area contributed by atoms with Gasteiger partial charge in [-0.2, -0.15) is 5.10 Å². The highest BCUT2D eigenvalue weighted by Gasteiger charge is 2.25. The van der Waals surface area contributed by atoms with Crippen LogP contribution >= 0.6 is 0 Å². The van der Waals surface area contributed by atoms with Crippen molar-refractivity contribution < 1.29 is 0 Å². The predicted molar refractivity (Wildman–Crippen MR) is 137 cm³/mol. The number of terminal acetylenes is 1. The molecule has 0 amide bonds. The van der Waals surface area contributed by atoms with Crippen molar-refractivity contribution in [2.45, 2.75) is 64.8 Å². The second kappa shape index (κ2) is 12.5. The summed E-state index contributed by atoms with van der Waals surface area (Å²) in [6.07, 6.45) is 21.1. The Hall–Kier alpha value is -3.12. The average Bonchev–Trinajstić information content (AvgIpc) is 2.80. The van der Waals surface area contributed by atoms with Gasteiger partial charge in [0.25, 0.3) is 0 Å². The van der Waals surface area contributed by atoms with Crippen LogP contribution in [0, 0.1) is 19.3 Å². The molecule has 1 aliphatic carbocycles. The summed E-state index contributed by atoms with van der Waals surface area (Å²) in [5, 5.41) is 6.46. The quantitative estimate of drug-likeness (QED) is 0.136. The summed E-state index contributed by atoms with van der Waals surface area (Å²) < 4.78 is 0. The van der Waals surface area contributed by atoms with Gasteiger partial charge in [-0.1, -0.05) is 68.7 Å². The van der Waals surface area contributed by atoms with Crippen molar-refractivity contribution in [1.82, 2.24) is 5.01 Å². The van der Waals surface area contributed by atoms with Gasteiger partial charge in [0, 0.05) is 12.3 Å². The van der Waals surface area contributed by atoms with Crippen LogP contribution in [0.2, 0.25) is 0 Å². The topological polar surface area (TPSA) is 28.0 Å². The summed E-state index contributed by atoms with van der Waals surface area (Å²) in [7, 11) is 0. The van der Waals surface area contributed by atoms with E-state index in [1.165, 1.54) is 24.8 Å². The number of benzene rings is 1. The zero-order valence-electron chi connectivity index (χ0n) is 19.1. The molecule has 0 atom stereocenters. The second-order valence-corrected chi connectivity index (χ2v) is 7.90. The number of hydrogen-bond donors (Lipinski definition) is 0. The molecule has 0 spiro atoms. The predicted octanol–water partition coefficient (Wildman–Crippen LogP) is 7.39. The lowest BCUT2D eigenvalue weighted by Gasteiger charge is -2.33. The van der Waals surface area contributed by atoms with Gasteiger partial charge in [-0.3, -0.25) is 0 Å². The fourth-order valence-corrected chi connectivity index (χ4v) is 3.86. The van der Waals surface area contributed by atoms with E-state index in [4.69, 9.17) is 11.4 Å². The first kappa shape index (κ1) is 24.2. The van der Waals surface area contributed by atoms with Crippen molar-refractivity contribution in [2.75, 3.05) is 0 Å². The summed E-state index contributed by atoms with van der Waals surface area (Å²) in [6, 6.07) is 6.50. The number of hydrogen-bond acceptors (Lipinski definition) is 2. The summed E-state index contributed by atoms with van der Waals surface area (Å²) >= 11 is 0. The first-order valence-electron chi connectivity index (χ1n) is 11.1. The van der Waals surface area contributed by atoms with E-state index in [-0.39, 0.29) is 0 Å². The van der Waals surface area contributed by atoms with Crippen molar-refractivity contribution >= 4 is 24.3 Å². The first-order chi connectivity index (χ1) is 15.0. The summed E-state index contributed by atoms with van der Waals surface area (Å²) in [6.45, 7) is 15.8. The normalized spacial score (nSPS) is 15.5. The SMILES string of the molecule is C#CC(=C)CC/C=C(\C=C/C)C(=Nc1ccc(C)c(C=C)c1)N(N=C)C1CCCCC1. The highest BCUT2D eigenvalue weighted by molar-refractivity contribution is 6.02. The first-order valence-corrected chi connectivity index (χ1v) is 11.1. The third kappa shape index (κ3) is 6.96. The van der Waals surface area contributed by atoms with Gasteiger partial charge < -0.3 is 0 Å². The number of rotatable bonds is 9. The summed E-state index contributed by atoms with van der Waals surface area (Å²) in [4.78, 5) is 5.07. The number of aliphatic imine (C=N–C) groups is 1. The van der Waals surface area contributed by atoms with Gasteiger partial charge in [0.2, 0.25) is 0 Å². The Morgan fingerprint density at radius 3 is 2.65 bits per heavy atom. The highest BCUT2D eigenvalue weighted by atomic mass is 15.5. The van der Waals surface area contributed by atoms with Crippen LogP contribution < -0.4 is 0 Å². The van der Waals surface area contributed by atoms with Gasteiger partial charge in [-0.15, -0.1) is 6.42 Å². The van der Waals surface area contributed by atoms with Crippen molar-refractivity contribution in [2.24, 2.45) is 10.1 Å². The maximum Gasteiger partial charge on any atom is 0.156 e. The van der Waals surface area contributed by atoms with Crippen LogP contribution in [-0.4, -0.2) is 23.6 Å². The average molecular weight is 414 g/mol. The number of aryl methyl sites for hydroxylation is 1. The Morgan fingerprint density at radius 1 is 1.29 bits per heavy atom. The Bertz CT molecular complexity index is 918. The molecular weight excluding hydrogens is 378 g/mol. The minimum Gasteiger partial charge on any atom is -0.245 e. The molecule has 1 fully saturated rings. The molecule has 0 bridgehead atoms. The Kier molecular flexibility index (Phi) is 9.78. The molecular formula is C28H35N3. The summed E-state index contributed by atoms with van der Waals surface area (Å²) in [5.74, 6) is 3.45. The molecule has 31 heavy (non-hydrogen) atoms. The molecule has 1 aromatic carbocycles. The van der Waals surface area contributed by atoms with E-state index in [2.05, 4.69) is 62.1 Å². The Balaban J connectivity index is 2.54. The van der Waals surface area contributed by atoms with E-state index in [0.717, 1.165) is 53.9 Å². The number of allylic oxidation sites excluding steroid dienone is 3. The third-order valence-corrected chi connectivity index (χ3v) is 5.63. The molecule has 1 aliphatic rings. The molecule has 0 N–H and O–H groups in total. The molecule has 3 heteroatoms. The van der Waals surface area contributed by atoms with Crippen LogP contribution in [-0.2, 0) is 0 Å². The van der Waals surface area contributed by atoms with Crippen LogP contribution in [0.25, 0.3) is 6.08 Å². The standard InChI is InChI=1S/C28H35N3/c1-7-14-25(16-13-15-22(4)8-2)28(31(29-6)27-17-11-10-12-18-27)30-26-20-19-23(5)24(9-3)21-26/h2,7,9,14,16,19-21,27H,3-4,6,10-13,15,17-18H2,1,5H3/b14-7-,25-16+,30-28?. The van der Waals surface area contributed by atoms with E-state index >= 15 is 0 Å². The maximum absolute atomic E-state index is 5.47. The monoisotopic (exact) mass is 413 g/mol. The molecule has 0 radical (unpaired) electrons. The van der Waals surface area contributed by atoms with Gasteiger partial charge in [-0.25, -0.2) is 10.0 Å². The molecule has 0 unspecified atom stereocenters. The van der Waals surface area contributed by atoms with Crippen LogP contribution in [0.3, 0.4) is 0 Å². The van der Waals surface area contributed by atoms with Gasteiger partial charge in [-0.05, 0) is 68.4 Å². The minimum absolute atomic E-state index is 0.309. The van der Waals surface area contributed by atoms with Crippen LogP contribution in [0.1, 0.15) is 63.0 Å².